The van der Waals surface area contributed by atoms with Crippen LogP contribution in [0, 0.1) is 0 Å². The Morgan fingerprint density at radius 3 is 1.56 bits per heavy atom. The molecule has 0 aliphatic rings. The monoisotopic (exact) mass is 455 g/mol. The molecular formula is C25H45NO6. The number of carboxylic acids is 3. The zero-order chi connectivity index (χ0) is 24.1. The fraction of sp³-hybridized carbons (Fsp3) is 0.800. The first-order chi connectivity index (χ1) is 15.3. The Balaban J connectivity index is 4.30. The van der Waals surface area contributed by atoms with E-state index in [-0.39, 0.29) is 43.4 Å². The molecule has 32 heavy (non-hydrogen) atoms. The second-order valence-corrected chi connectivity index (χ2v) is 8.88. The van der Waals surface area contributed by atoms with Crippen LogP contribution >= 0.6 is 0 Å². The molecule has 0 aliphatic carbocycles. The van der Waals surface area contributed by atoms with Crippen molar-refractivity contribution in [1.29, 1.82) is 0 Å². The molecule has 0 saturated carbocycles. The second kappa shape index (κ2) is 19.8. The topological polar surface area (TPSA) is 115 Å². The first kappa shape index (κ1) is 30.1. The van der Waals surface area contributed by atoms with Crippen LogP contribution in [0.4, 0.5) is 0 Å². The van der Waals surface area contributed by atoms with Crippen LogP contribution in [0.25, 0.3) is 0 Å². The summed E-state index contributed by atoms with van der Waals surface area (Å²) in [6.45, 7) is 3.40. The third kappa shape index (κ3) is 18.8. The van der Waals surface area contributed by atoms with E-state index in [2.05, 4.69) is 19.1 Å². The maximum Gasteiger partial charge on any atom is 0.309 e. The van der Waals surface area contributed by atoms with Gasteiger partial charge < -0.3 is 24.6 Å². The summed E-state index contributed by atoms with van der Waals surface area (Å²) in [5, 5.41) is 29.1. The molecule has 0 unspecified atom stereocenters. The van der Waals surface area contributed by atoms with Gasteiger partial charge in [-0.1, -0.05) is 76.9 Å². The van der Waals surface area contributed by atoms with E-state index in [4.69, 9.17) is 10.2 Å². The summed E-state index contributed by atoms with van der Waals surface area (Å²) >= 11 is 0. The van der Waals surface area contributed by atoms with E-state index < -0.39 is 17.9 Å². The van der Waals surface area contributed by atoms with Crippen molar-refractivity contribution in [3.8, 4) is 0 Å². The molecule has 0 bridgehead atoms. The van der Waals surface area contributed by atoms with Gasteiger partial charge in [0.2, 0.25) is 0 Å². The maximum atomic E-state index is 11.1. The van der Waals surface area contributed by atoms with E-state index in [9.17, 15) is 19.5 Å². The van der Waals surface area contributed by atoms with Crippen molar-refractivity contribution in [3.63, 3.8) is 0 Å². The van der Waals surface area contributed by atoms with Gasteiger partial charge in [-0.25, -0.2) is 0 Å². The Bertz CT molecular complexity index is 501. The Hall–Kier alpha value is -1.89. The zero-order valence-corrected chi connectivity index (χ0v) is 20.1. The molecule has 0 aromatic rings. The quantitative estimate of drug-likeness (QED) is 0.136. The van der Waals surface area contributed by atoms with Crippen molar-refractivity contribution in [2.24, 2.45) is 0 Å². The van der Waals surface area contributed by atoms with Crippen LogP contribution in [0.5, 0.6) is 0 Å². The molecule has 7 nitrogen and oxygen atoms in total. The van der Waals surface area contributed by atoms with Crippen molar-refractivity contribution < 1.29 is 34.2 Å². The summed E-state index contributed by atoms with van der Waals surface area (Å²) in [4.78, 5) is 33.1. The molecule has 0 radical (unpaired) electrons. The van der Waals surface area contributed by atoms with Crippen LogP contribution in [0.3, 0.4) is 0 Å². The molecular weight excluding hydrogens is 410 g/mol. The third-order valence-corrected chi connectivity index (χ3v) is 6.05. The molecule has 2 N–H and O–H groups in total. The van der Waals surface area contributed by atoms with Gasteiger partial charge in [0.15, 0.2) is 0 Å². The third-order valence-electron chi connectivity index (χ3n) is 6.05. The first-order valence-electron chi connectivity index (χ1n) is 12.4. The minimum absolute atomic E-state index is 0.116. The van der Waals surface area contributed by atoms with Crippen LogP contribution in [0.2, 0.25) is 0 Å². The molecule has 0 rings (SSSR count). The molecule has 0 saturated heterocycles. The van der Waals surface area contributed by atoms with E-state index in [0.29, 0.717) is 13.0 Å². The standard InChI is InChI=1S/C25H45NO6/c1-2-3-4-5-6-7-8-9-10-11-12-13-14-15-19-26(20-16-23(27)28,21-17-24(29)30)22-18-25(31)32/h13-14H,2-12,15-22H2,1H3,(H2-,27,28,29,30,31,32)/b14-13+. The van der Waals surface area contributed by atoms with E-state index in [1.54, 1.807) is 0 Å². The van der Waals surface area contributed by atoms with E-state index in [1.807, 2.05) is 0 Å². The molecule has 7 heteroatoms. The number of rotatable bonds is 23. The average Bonchev–Trinajstić information content (AvgIpc) is 2.74. The van der Waals surface area contributed by atoms with Gasteiger partial charge >= 0.3 is 11.9 Å². The van der Waals surface area contributed by atoms with Gasteiger partial charge in [-0.15, -0.1) is 0 Å². The van der Waals surface area contributed by atoms with Crippen molar-refractivity contribution in [1.82, 2.24) is 0 Å². The Morgan fingerprint density at radius 2 is 1.09 bits per heavy atom. The van der Waals surface area contributed by atoms with Gasteiger partial charge in [0.05, 0.1) is 39.0 Å². The van der Waals surface area contributed by atoms with Gasteiger partial charge in [-0.2, -0.15) is 0 Å². The van der Waals surface area contributed by atoms with E-state index in [0.717, 1.165) is 12.8 Å². The number of carbonyl (C=O) groups is 3. The predicted octanol–water partition coefficient (Wildman–Crippen LogP) is 4.15. The highest BCUT2D eigenvalue weighted by Gasteiger charge is 2.28. The first-order valence-corrected chi connectivity index (χ1v) is 12.4. The number of nitrogens with zero attached hydrogens (tertiary/aromatic N) is 1. The number of hydrogen-bond acceptors (Lipinski definition) is 4. The van der Waals surface area contributed by atoms with Crippen molar-refractivity contribution in [3.05, 3.63) is 12.2 Å². The number of carbonyl (C=O) groups excluding carboxylic acids is 1. The second-order valence-electron chi connectivity index (χ2n) is 8.88. The zero-order valence-electron chi connectivity index (χ0n) is 20.1. The van der Waals surface area contributed by atoms with E-state index in [1.165, 1.54) is 57.8 Å². The SMILES string of the molecule is CCCCCCCCCCCC/C=C/CC[N+](CCC(=O)[O-])(CCC(=O)O)CCC(=O)O. The maximum absolute atomic E-state index is 11.1. The van der Waals surface area contributed by atoms with Crippen molar-refractivity contribution in [2.45, 2.75) is 103 Å². The predicted molar refractivity (Wildman–Crippen MR) is 124 cm³/mol. The van der Waals surface area contributed by atoms with Crippen molar-refractivity contribution >= 4 is 17.9 Å². The lowest BCUT2D eigenvalue weighted by atomic mass is 10.1. The summed E-state index contributed by atoms with van der Waals surface area (Å²) in [7, 11) is 0. The highest BCUT2D eigenvalue weighted by Crippen LogP contribution is 2.15. The summed E-state index contributed by atoms with van der Waals surface area (Å²) < 4.78 is 0.176. The average molecular weight is 456 g/mol. The Kier molecular flexibility index (Phi) is 18.6. The molecule has 0 atom stereocenters. The highest BCUT2D eigenvalue weighted by atomic mass is 16.4. The summed E-state index contributed by atoms with van der Waals surface area (Å²) in [5.74, 6) is -3.13. The van der Waals surface area contributed by atoms with Gasteiger partial charge in [0.25, 0.3) is 0 Å². The highest BCUT2D eigenvalue weighted by molar-refractivity contribution is 5.67. The molecule has 0 fully saturated rings. The van der Waals surface area contributed by atoms with Gasteiger partial charge in [-0.3, -0.25) is 9.59 Å². The van der Waals surface area contributed by atoms with Crippen LogP contribution in [-0.4, -0.2) is 58.8 Å². The fourth-order valence-corrected chi connectivity index (χ4v) is 4.00. The largest absolute Gasteiger partial charge is 0.550 e. The number of hydrogen-bond donors (Lipinski definition) is 2. The molecule has 0 aromatic heterocycles. The minimum Gasteiger partial charge on any atom is -0.550 e. The van der Waals surface area contributed by atoms with Crippen molar-refractivity contribution in [2.75, 3.05) is 26.2 Å². The molecule has 0 spiro atoms. The summed E-state index contributed by atoms with van der Waals surface area (Å²) in [6, 6.07) is 0. The molecule has 0 aliphatic heterocycles. The smallest absolute Gasteiger partial charge is 0.309 e. The van der Waals surface area contributed by atoms with Crippen LogP contribution in [0.1, 0.15) is 103 Å². The number of carboxylic acid groups (broad SMARTS) is 3. The number of unbranched alkanes of at least 4 members (excludes halogenated alkanes) is 10. The molecule has 186 valence electrons. The number of allylic oxidation sites excluding steroid dienone is 1. The normalized spacial score (nSPS) is 11.8. The lowest BCUT2D eigenvalue weighted by molar-refractivity contribution is -0.926. The van der Waals surface area contributed by atoms with Crippen LogP contribution < -0.4 is 5.11 Å². The lowest BCUT2D eigenvalue weighted by Gasteiger charge is -2.38. The number of quaternary nitrogens is 1. The summed E-state index contributed by atoms with van der Waals surface area (Å²) in [6.07, 6.45) is 18.4. The van der Waals surface area contributed by atoms with Crippen LogP contribution in [0.15, 0.2) is 12.2 Å². The van der Waals surface area contributed by atoms with Crippen LogP contribution in [-0.2, 0) is 14.4 Å². The Labute approximate surface area is 194 Å². The van der Waals surface area contributed by atoms with E-state index >= 15 is 0 Å². The van der Waals surface area contributed by atoms with Gasteiger partial charge in [-0.05, 0) is 12.8 Å². The lowest BCUT2D eigenvalue weighted by Crippen LogP contribution is -2.52. The summed E-state index contributed by atoms with van der Waals surface area (Å²) in [5.41, 5.74) is 0. The van der Waals surface area contributed by atoms with Gasteiger partial charge in [0, 0.05) is 18.8 Å². The number of aliphatic carboxylic acids is 3. The Morgan fingerprint density at radius 1 is 0.656 bits per heavy atom. The fourth-order valence-electron chi connectivity index (χ4n) is 4.00. The molecule has 0 amide bonds. The molecule has 0 heterocycles. The van der Waals surface area contributed by atoms with Gasteiger partial charge in [0.1, 0.15) is 0 Å². The minimum atomic E-state index is -1.20. The molecule has 0 aromatic carbocycles.